The maximum atomic E-state index is 13.1. The predicted molar refractivity (Wildman–Crippen MR) is 107 cm³/mol. The van der Waals surface area contributed by atoms with Gasteiger partial charge in [0.1, 0.15) is 11.5 Å². The van der Waals surface area contributed by atoms with Crippen molar-refractivity contribution in [2.75, 3.05) is 13.7 Å². The van der Waals surface area contributed by atoms with E-state index in [2.05, 4.69) is 18.2 Å². The summed E-state index contributed by atoms with van der Waals surface area (Å²) >= 11 is 0. The number of methoxy groups -OCH3 is 1. The molecule has 0 aliphatic heterocycles. The van der Waals surface area contributed by atoms with Crippen molar-refractivity contribution in [3.63, 3.8) is 0 Å². The monoisotopic (exact) mass is 364 g/mol. The standard InChI is InChI=1S/C24H28O3/c1-26-21-12-10-17(11-13-21)14-20-15-19-8-5-9-22(23(19)24(20)25)27-16-18-6-3-2-4-7-18/h5,8-13,18,20H,2-4,6-7,14-16H2,1H3. The molecule has 0 spiro atoms. The van der Waals surface area contributed by atoms with Crippen molar-refractivity contribution in [1.82, 2.24) is 0 Å². The Labute approximate surface area is 161 Å². The SMILES string of the molecule is COc1ccc(CC2Cc3cccc(OCC4CCCCC4)c3C2=O)cc1. The molecule has 1 saturated carbocycles. The van der Waals surface area contributed by atoms with Crippen molar-refractivity contribution < 1.29 is 14.3 Å². The lowest BCUT2D eigenvalue weighted by atomic mass is 9.90. The first-order chi connectivity index (χ1) is 13.2. The average Bonchev–Trinajstić information content (AvgIpc) is 3.04. The molecule has 2 aromatic carbocycles. The Kier molecular flexibility index (Phi) is 5.47. The lowest BCUT2D eigenvalue weighted by Crippen LogP contribution is -2.17. The Morgan fingerprint density at radius 2 is 1.78 bits per heavy atom. The Bertz CT molecular complexity index is 788. The molecule has 0 heterocycles. The third-order valence-electron chi connectivity index (χ3n) is 6.04. The van der Waals surface area contributed by atoms with E-state index in [1.165, 1.54) is 37.7 Å². The van der Waals surface area contributed by atoms with E-state index in [0.717, 1.165) is 42.1 Å². The van der Waals surface area contributed by atoms with Gasteiger partial charge in [0.05, 0.1) is 19.3 Å². The van der Waals surface area contributed by atoms with Gasteiger partial charge in [0, 0.05) is 5.92 Å². The zero-order valence-corrected chi connectivity index (χ0v) is 16.1. The molecule has 1 unspecified atom stereocenters. The molecular weight excluding hydrogens is 336 g/mol. The average molecular weight is 364 g/mol. The van der Waals surface area contributed by atoms with Crippen LogP contribution in [0.4, 0.5) is 0 Å². The number of ether oxygens (including phenoxy) is 2. The zero-order valence-electron chi connectivity index (χ0n) is 16.1. The molecule has 3 nitrogen and oxygen atoms in total. The molecule has 0 aromatic heterocycles. The summed E-state index contributed by atoms with van der Waals surface area (Å²) in [5.41, 5.74) is 3.14. The topological polar surface area (TPSA) is 35.5 Å². The highest BCUT2D eigenvalue weighted by atomic mass is 16.5. The second-order valence-electron chi connectivity index (χ2n) is 7.92. The molecule has 0 saturated heterocycles. The summed E-state index contributed by atoms with van der Waals surface area (Å²) in [7, 11) is 1.67. The van der Waals surface area contributed by atoms with Gasteiger partial charge in [-0.05, 0) is 60.9 Å². The quantitative estimate of drug-likeness (QED) is 0.702. The molecule has 0 N–H and O–H groups in total. The zero-order chi connectivity index (χ0) is 18.6. The molecule has 2 aromatic rings. The highest BCUT2D eigenvalue weighted by Gasteiger charge is 2.33. The highest BCUT2D eigenvalue weighted by molar-refractivity contribution is 6.04. The normalized spacial score (nSPS) is 19.7. The summed E-state index contributed by atoms with van der Waals surface area (Å²) in [6.07, 6.45) is 8.04. The van der Waals surface area contributed by atoms with E-state index >= 15 is 0 Å². The van der Waals surface area contributed by atoms with E-state index in [-0.39, 0.29) is 11.7 Å². The lowest BCUT2D eigenvalue weighted by molar-refractivity contribution is 0.0931. The number of carbonyl (C=O) groups excluding carboxylic acids is 1. The number of Topliss-reactive ketones (excluding diaryl/α,β-unsaturated/α-hetero) is 1. The van der Waals surface area contributed by atoms with E-state index in [4.69, 9.17) is 9.47 Å². The largest absolute Gasteiger partial charge is 0.497 e. The second-order valence-corrected chi connectivity index (χ2v) is 7.92. The van der Waals surface area contributed by atoms with Crippen LogP contribution in [0.2, 0.25) is 0 Å². The predicted octanol–water partition coefficient (Wildman–Crippen LogP) is 5.25. The number of hydrogen-bond acceptors (Lipinski definition) is 3. The molecule has 1 atom stereocenters. The Hall–Kier alpha value is -2.29. The minimum atomic E-state index is 0.00725. The summed E-state index contributed by atoms with van der Waals surface area (Å²) in [6, 6.07) is 14.1. The van der Waals surface area contributed by atoms with E-state index in [9.17, 15) is 4.79 Å². The maximum absolute atomic E-state index is 13.1. The number of fused-ring (bicyclic) bond motifs is 1. The molecule has 2 aliphatic rings. The number of benzene rings is 2. The number of ketones is 1. The molecule has 2 aliphatic carbocycles. The van der Waals surface area contributed by atoms with Gasteiger partial charge >= 0.3 is 0 Å². The van der Waals surface area contributed by atoms with Gasteiger partial charge in [0.2, 0.25) is 0 Å². The van der Waals surface area contributed by atoms with E-state index in [1.807, 2.05) is 24.3 Å². The van der Waals surface area contributed by atoms with E-state index < -0.39 is 0 Å². The molecule has 142 valence electrons. The van der Waals surface area contributed by atoms with Gasteiger partial charge < -0.3 is 9.47 Å². The van der Waals surface area contributed by atoms with Crippen molar-refractivity contribution in [2.45, 2.75) is 44.9 Å². The van der Waals surface area contributed by atoms with Crippen LogP contribution in [-0.2, 0) is 12.8 Å². The summed E-state index contributed by atoms with van der Waals surface area (Å²) in [6.45, 7) is 0.743. The fraction of sp³-hybridized carbons (Fsp3) is 0.458. The van der Waals surface area contributed by atoms with Crippen molar-refractivity contribution in [1.29, 1.82) is 0 Å². The van der Waals surface area contributed by atoms with Gasteiger partial charge in [-0.3, -0.25) is 4.79 Å². The van der Waals surface area contributed by atoms with Gasteiger partial charge in [0.15, 0.2) is 5.78 Å². The van der Waals surface area contributed by atoms with Gasteiger partial charge in [-0.25, -0.2) is 0 Å². The number of carbonyl (C=O) groups is 1. The third-order valence-corrected chi connectivity index (χ3v) is 6.04. The maximum Gasteiger partial charge on any atom is 0.170 e. The molecule has 4 rings (SSSR count). The van der Waals surface area contributed by atoms with Crippen molar-refractivity contribution in [3.05, 3.63) is 59.2 Å². The second kappa shape index (κ2) is 8.16. The van der Waals surface area contributed by atoms with Crippen LogP contribution < -0.4 is 9.47 Å². The van der Waals surface area contributed by atoms with Gasteiger partial charge in [-0.1, -0.05) is 43.5 Å². The smallest absolute Gasteiger partial charge is 0.170 e. The van der Waals surface area contributed by atoms with E-state index in [1.54, 1.807) is 7.11 Å². The van der Waals surface area contributed by atoms with Gasteiger partial charge in [0.25, 0.3) is 0 Å². The van der Waals surface area contributed by atoms with Gasteiger partial charge in [-0.15, -0.1) is 0 Å². The first-order valence-corrected chi connectivity index (χ1v) is 10.2. The fourth-order valence-electron chi connectivity index (χ4n) is 4.48. The van der Waals surface area contributed by atoms with Crippen LogP contribution in [-0.4, -0.2) is 19.5 Å². The molecule has 3 heteroatoms. The van der Waals surface area contributed by atoms with Crippen LogP contribution in [0.5, 0.6) is 11.5 Å². The molecule has 0 amide bonds. The Morgan fingerprint density at radius 1 is 1.00 bits per heavy atom. The molecular formula is C24H28O3. The first-order valence-electron chi connectivity index (χ1n) is 10.2. The van der Waals surface area contributed by atoms with Crippen molar-refractivity contribution in [3.8, 4) is 11.5 Å². The van der Waals surface area contributed by atoms with Crippen molar-refractivity contribution in [2.24, 2.45) is 11.8 Å². The van der Waals surface area contributed by atoms with Gasteiger partial charge in [-0.2, -0.15) is 0 Å². The fourth-order valence-corrected chi connectivity index (χ4v) is 4.48. The number of hydrogen-bond donors (Lipinski definition) is 0. The van der Waals surface area contributed by atoms with Crippen LogP contribution in [0, 0.1) is 11.8 Å². The van der Waals surface area contributed by atoms with Crippen LogP contribution >= 0.6 is 0 Å². The van der Waals surface area contributed by atoms with E-state index in [0.29, 0.717) is 5.92 Å². The summed E-state index contributed by atoms with van der Waals surface area (Å²) < 4.78 is 11.4. The minimum Gasteiger partial charge on any atom is -0.497 e. The molecule has 27 heavy (non-hydrogen) atoms. The lowest BCUT2D eigenvalue weighted by Gasteiger charge is -2.22. The summed E-state index contributed by atoms with van der Waals surface area (Å²) in [4.78, 5) is 13.1. The summed E-state index contributed by atoms with van der Waals surface area (Å²) in [5, 5.41) is 0. The van der Waals surface area contributed by atoms with Crippen LogP contribution in [0.15, 0.2) is 42.5 Å². The minimum absolute atomic E-state index is 0.00725. The molecule has 1 fully saturated rings. The van der Waals surface area contributed by atoms with Crippen LogP contribution in [0.25, 0.3) is 0 Å². The molecule has 0 radical (unpaired) electrons. The van der Waals surface area contributed by atoms with Crippen molar-refractivity contribution >= 4 is 5.78 Å². The van der Waals surface area contributed by atoms with Crippen LogP contribution in [0.3, 0.4) is 0 Å². The van der Waals surface area contributed by atoms with Crippen LogP contribution in [0.1, 0.15) is 53.6 Å². The Balaban J connectivity index is 1.44. The summed E-state index contributed by atoms with van der Waals surface area (Å²) in [5.74, 6) is 2.52. The number of rotatable bonds is 6. The molecule has 0 bridgehead atoms. The third kappa shape index (κ3) is 4.02. The Morgan fingerprint density at radius 3 is 2.52 bits per heavy atom. The first kappa shape index (κ1) is 18.1. The highest BCUT2D eigenvalue weighted by Crippen LogP contribution is 2.36.